The van der Waals surface area contributed by atoms with Crippen molar-refractivity contribution in [3.05, 3.63) is 60.2 Å². The number of aryl methyl sites for hydroxylation is 1. The molecule has 2 rings (SSSR count). The van der Waals surface area contributed by atoms with Crippen LogP contribution in [0.25, 0.3) is 0 Å². The lowest BCUT2D eigenvalue weighted by Gasteiger charge is -2.09. The van der Waals surface area contributed by atoms with E-state index in [2.05, 4.69) is 22.8 Å². The molecule has 6 nitrogen and oxygen atoms in total. The maximum atomic E-state index is 11.8. The lowest BCUT2D eigenvalue weighted by Crippen LogP contribution is -2.29. The van der Waals surface area contributed by atoms with Crippen molar-refractivity contribution in [1.29, 1.82) is 0 Å². The minimum Gasteiger partial charge on any atom is -0.484 e. The molecule has 0 spiro atoms. The maximum Gasteiger partial charge on any atom is 0.411 e. The first-order chi connectivity index (χ1) is 12.7. The minimum atomic E-state index is -0.527. The number of benzene rings is 2. The molecular formula is C20H24N2O4. The van der Waals surface area contributed by atoms with E-state index in [9.17, 15) is 9.59 Å². The summed E-state index contributed by atoms with van der Waals surface area (Å²) in [6.45, 7) is 2.56. The predicted molar refractivity (Wildman–Crippen MR) is 100 cm³/mol. The van der Waals surface area contributed by atoms with Gasteiger partial charge in [0.15, 0.2) is 6.61 Å². The number of carbonyl (C=O) groups excluding carboxylic acids is 2. The van der Waals surface area contributed by atoms with Gasteiger partial charge in [0.2, 0.25) is 0 Å². The molecule has 0 saturated carbocycles. The van der Waals surface area contributed by atoms with Crippen LogP contribution in [0, 0.1) is 0 Å². The van der Waals surface area contributed by atoms with Crippen molar-refractivity contribution in [3.8, 4) is 5.75 Å². The molecular weight excluding hydrogens is 332 g/mol. The molecule has 0 fully saturated rings. The Balaban J connectivity index is 1.67. The van der Waals surface area contributed by atoms with Crippen molar-refractivity contribution < 1.29 is 19.1 Å². The summed E-state index contributed by atoms with van der Waals surface area (Å²) in [4.78, 5) is 23.3. The third-order valence-electron chi connectivity index (χ3n) is 3.53. The zero-order valence-corrected chi connectivity index (χ0v) is 14.9. The van der Waals surface area contributed by atoms with Crippen molar-refractivity contribution in [2.45, 2.75) is 19.8 Å². The first-order valence-corrected chi connectivity index (χ1v) is 8.64. The van der Waals surface area contributed by atoms with E-state index in [0.717, 1.165) is 12.8 Å². The van der Waals surface area contributed by atoms with Gasteiger partial charge in [0.05, 0.1) is 6.61 Å². The van der Waals surface area contributed by atoms with Crippen molar-refractivity contribution >= 4 is 17.7 Å². The second-order valence-corrected chi connectivity index (χ2v) is 5.60. The number of rotatable bonds is 9. The molecule has 0 bridgehead atoms. The molecule has 0 unspecified atom stereocenters. The fourth-order valence-corrected chi connectivity index (χ4v) is 2.31. The molecule has 0 aliphatic carbocycles. The van der Waals surface area contributed by atoms with Crippen LogP contribution in [0.15, 0.2) is 54.6 Å². The standard InChI is InChI=1S/C20H24N2O4/c1-2-25-20(24)22-17-11-6-12-18(14-17)26-15-19(23)21-13-7-10-16-8-4-3-5-9-16/h3-6,8-9,11-12,14H,2,7,10,13,15H2,1H3,(H,21,23)(H,22,24). The van der Waals surface area contributed by atoms with E-state index in [0.29, 0.717) is 24.6 Å². The van der Waals surface area contributed by atoms with E-state index in [-0.39, 0.29) is 12.5 Å². The van der Waals surface area contributed by atoms with Gasteiger partial charge in [-0.15, -0.1) is 0 Å². The van der Waals surface area contributed by atoms with E-state index >= 15 is 0 Å². The van der Waals surface area contributed by atoms with Gasteiger partial charge in [0, 0.05) is 18.3 Å². The van der Waals surface area contributed by atoms with E-state index < -0.39 is 6.09 Å². The Morgan fingerprint density at radius 3 is 2.62 bits per heavy atom. The molecule has 0 aliphatic heterocycles. The molecule has 138 valence electrons. The molecule has 26 heavy (non-hydrogen) atoms. The third-order valence-corrected chi connectivity index (χ3v) is 3.53. The van der Waals surface area contributed by atoms with Crippen molar-refractivity contribution in [3.63, 3.8) is 0 Å². The number of amides is 2. The summed E-state index contributed by atoms with van der Waals surface area (Å²) in [6, 6.07) is 16.9. The Kier molecular flexibility index (Phi) is 7.99. The number of carbonyl (C=O) groups is 2. The summed E-state index contributed by atoms with van der Waals surface area (Å²) in [6.07, 6.45) is 1.26. The predicted octanol–water partition coefficient (Wildman–Crippen LogP) is 3.38. The molecule has 6 heteroatoms. The zero-order chi connectivity index (χ0) is 18.6. The molecule has 2 N–H and O–H groups in total. The Morgan fingerprint density at radius 2 is 1.85 bits per heavy atom. The SMILES string of the molecule is CCOC(=O)Nc1cccc(OCC(=O)NCCCc2ccccc2)c1. The van der Waals surface area contributed by atoms with Crippen LogP contribution in [0.4, 0.5) is 10.5 Å². The maximum absolute atomic E-state index is 11.8. The van der Waals surface area contributed by atoms with Gasteiger partial charge >= 0.3 is 6.09 Å². The fraction of sp³-hybridized carbons (Fsp3) is 0.300. The van der Waals surface area contributed by atoms with Crippen LogP contribution >= 0.6 is 0 Å². The molecule has 0 saturated heterocycles. The summed E-state index contributed by atoms with van der Waals surface area (Å²) in [5.41, 5.74) is 1.80. The van der Waals surface area contributed by atoms with Gasteiger partial charge in [0.25, 0.3) is 5.91 Å². The van der Waals surface area contributed by atoms with Gasteiger partial charge in [0.1, 0.15) is 5.75 Å². The number of ether oxygens (including phenoxy) is 2. The second-order valence-electron chi connectivity index (χ2n) is 5.60. The Labute approximate surface area is 153 Å². The van der Waals surface area contributed by atoms with Crippen molar-refractivity contribution in [1.82, 2.24) is 5.32 Å². The summed E-state index contributed by atoms with van der Waals surface area (Å²) in [7, 11) is 0. The van der Waals surface area contributed by atoms with Gasteiger partial charge in [-0.25, -0.2) is 4.79 Å². The Morgan fingerprint density at radius 1 is 1.04 bits per heavy atom. The highest BCUT2D eigenvalue weighted by Crippen LogP contribution is 2.17. The van der Waals surface area contributed by atoms with Gasteiger partial charge in [-0.2, -0.15) is 0 Å². The van der Waals surface area contributed by atoms with Gasteiger partial charge < -0.3 is 14.8 Å². The lowest BCUT2D eigenvalue weighted by molar-refractivity contribution is -0.123. The Hall–Kier alpha value is -3.02. The first kappa shape index (κ1) is 19.3. The summed E-state index contributed by atoms with van der Waals surface area (Å²) in [5, 5.41) is 5.42. The highest BCUT2D eigenvalue weighted by atomic mass is 16.5. The van der Waals surface area contributed by atoms with Gasteiger partial charge in [-0.3, -0.25) is 10.1 Å². The molecule has 0 radical (unpaired) electrons. The van der Waals surface area contributed by atoms with Crippen LogP contribution in [0.2, 0.25) is 0 Å². The quantitative estimate of drug-likeness (QED) is 0.675. The van der Waals surface area contributed by atoms with Crippen molar-refractivity contribution in [2.75, 3.05) is 25.1 Å². The van der Waals surface area contributed by atoms with Crippen molar-refractivity contribution in [2.24, 2.45) is 0 Å². The van der Waals surface area contributed by atoms with Gasteiger partial charge in [-0.1, -0.05) is 36.4 Å². The van der Waals surface area contributed by atoms with Gasteiger partial charge in [-0.05, 0) is 37.5 Å². The smallest absolute Gasteiger partial charge is 0.411 e. The Bertz CT molecular complexity index is 704. The average Bonchev–Trinajstić information content (AvgIpc) is 2.65. The summed E-state index contributed by atoms with van der Waals surface area (Å²) in [5.74, 6) is 0.320. The van der Waals surface area contributed by atoms with E-state index in [4.69, 9.17) is 9.47 Å². The zero-order valence-electron chi connectivity index (χ0n) is 14.9. The second kappa shape index (κ2) is 10.8. The monoisotopic (exact) mass is 356 g/mol. The fourth-order valence-electron chi connectivity index (χ4n) is 2.31. The summed E-state index contributed by atoms with van der Waals surface area (Å²) < 4.78 is 10.3. The molecule has 0 aliphatic rings. The minimum absolute atomic E-state index is 0.0752. The molecule has 2 aromatic rings. The molecule has 0 aromatic heterocycles. The highest BCUT2D eigenvalue weighted by Gasteiger charge is 2.05. The van der Waals surface area contributed by atoms with Crippen LogP contribution in [0.3, 0.4) is 0 Å². The first-order valence-electron chi connectivity index (χ1n) is 8.64. The van der Waals surface area contributed by atoms with E-state index in [1.807, 2.05) is 18.2 Å². The number of hydrogen-bond acceptors (Lipinski definition) is 4. The summed E-state index contributed by atoms with van der Waals surface area (Å²) >= 11 is 0. The largest absolute Gasteiger partial charge is 0.484 e. The third kappa shape index (κ3) is 7.25. The molecule has 2 amide bonds. The molecule has 0 atom stereocenters. The van der Waals surface area contributed by atoms with E-state index in [1.165, 1.54) is 5.56 Å². The van der Waals surface area contributed by atoms with E-state index in [1.54, 1.807) is 31.2 Å². The number of hydrogen-bond donors (Lipinski definition) is 2. The molecule has 2 aromatic carbocycles. The molecule has 0 heterocycles. The van der Waals surface area contributed by atoms with Crippen LogP contribution < -0.4 is 15.4 Å². The van der Waals surface area contributed by atoms with Crippen LogP contribution in [0.1, 0.15) is 18.9 Å². The lowest BCUT2D eigenvalue weighted by atomic mass is 10.1. The van der Waals surface area contributed by atoms with Crippen LogP contribution in [-0.4, -0.2) is 31.8 Å². The van der Waals surface area contributed by atoms with Crippen LogP contribution in [-0.2, 0) is 16.0 Å². The number of anilines is 1. The normalized spacial score (nSPS) is 10.0. The van der Waals surface area contributed by atoms with Crippen LogP contribution in [0.5, 0.6) is 5.75 Å². The topological polar surface area (TPSA) is 76.7 Å². The average molecular weight is 356 g/mol. The number of nitrogens with one attached hydrogen (secondary N) is 2. The highest BCUT2D eigenvalue weighted by molar-refractivity contribution is 5.84.